The molecule has 0 amide bonds. The van der Waals surface area contributed by atoms with Crippen LogP contribution in [0.2, 0.25) is 0 Å². The lowest BCUT2D eigenvalue weighted by Crippen LogP contribution is -2.23. The van der Waals surface area contributed by atoms with Gasteiger partial charge in [-0.1, -0.05) is 25.1 Å². The summed E-state index contributed by atoms with van der Waals surface area (Å²) < 4.78 is 20.1. The Morgan fingerprint density at radius 3 is 2.80 bits per heavy atom. The van der Waals surface area contributed by atoms with Crippen molar-refractivity contribution in [3.05, 3.63) is 51.7 Å². The van der Waals surface area contributed by atoms with E-state index in [-0.39, 0.29) is 40.9 Å². The molecule has 0 spiro atoms. The van der Waals surface area contributed by atoms with E-state index in [1.807, 2.05) is 6.92 Å². The second-order valence-electron chi connectivity index (χ2n) is 5.08. The van der Waals surface area contributed by atoms with E-state index in [9.17, 15) is 9.18 Å². The second-order valence-corrected chi connectivity index (χ2v) is 6.04. The van der Waals surface area contributed by atoms with Crippen molar-refractivity contribution in [2.24, 2.45) is 0 Å². The number of aromatic nitrogens is 2. The van der Waals surface area contributed by atoms with Crippen molar-refractivity contribution in [3.8, 4) is 5.75 Å². The molecule has 2 rings (SSSR count). The second kappa shape index (κ2) is 9.76. The molecule has 0 fully saturated rings. The van der Waals surface area contributed by atoms with Crippen LogP contribution >= 0.6 is 35.7 Å². The predicted octanol–water partition coefficient (Wildman–Crippen LogP) is 3.26. The number of benzene rings is 1. The van der Waals surface area contributed by atoms with Gasteiger partial charge in [-0.15, -0.1) is 24.0 Å². The molecule has 1 aromatic heterocycles. The normalized spacial score (nSPS) is 10.2. The molecule has 0 bridgehead atoms. The van der Waals surface area contributed by atoms with Crippen LogP contribution in [-0.2, 0) is 12.2 Å². The van der Waals surface area contributed by atoms with E-state index in [1.165, 1.54) is 29.9 Å². The first-order valence-corrected chi connectivity index (χ1v) is 8.37. The van der Waals surface area contributed by atoms with Crippen molar-refractivity contribution in [1.82, 2.24) is 9.55 Å². The highest BCUT2D eigenvalue weighted by Gasteiger charge is 2.13. The van der Waals surface area contributed by atoms with Gasteiger partial charge >= 0.3 is 0 Å². The Balaban J connectivity index is 0.00000312. The number of ether oxygens (including phenoxy) is 1. The van der Waals surface area contributed by atoms with E-state index in [4.69, 9.17) is 15.9 Å². The fourth-order valence-corrected chi connectivity index (χ4v) is 3.15. The molecule has 0 aliphatic rings. The van der Waals surface area contributed by atoms with Gasteiger partial charge < -0.3 is 10.5 Å². The van der Waals surface area contributed by atoms with Gasteiger partial charge in [-0.3, -0.25) is 14.8 Å². The third-order valence-corrected chi connectivity index (χ3v) is 4.26. The molecule has 9 heteroatoms. The monoisotopic (exact) mass is 478 g/mol. The van der Waals surface area contributed by atoms with Crippen LogP contribution < -0.4 is 16.0 Å². The maximum atomic E-state index is 13.4. The summed E-state index contributed by atoms with van der Waals surface area (Å²) in [6, 6.07) is 5.63. The summed E-state index contributed by atoms with van der Waals surface area (Å²) in [5.74, 6) is 0.497. The van der Waals surface area contributed by atoms with Crippen LogP contribution in [0.1, 0.15) is 24.6 Å². The highest BCUT2D eigenvalue weighted by molar-refractivity contribution is 14.0. The number of hydrogen-bond acceptors (Lipinski definition) is 6. The number of nitrogen functional groups attached to an aromatic ring is 1. The van der Waals surface area contributed by atoms with Crippen LogP contribution in [0.3, 0.4) is 0 Å². The third kappa shape index (κ3) is 5.43. The first-order valence-electron chi connectivity index (χ1n) is 7.38. The molecular weight excluding hydrogens is 458 g/mol. The molecule has 6 nitrogen and oxygen atoms in total. The molecule has 1 heterocycles. The van der Waals surface area contributed by atoms with E-state index in [0.717, 1.165) is 18.2 Å². The van der Waals surface area contributed by atoms with Gasteiger partial charge in [0.25, 0.3) is 5.56 Å². The SMILES string of the molecule is CCCc1cc(=O)nc(N)n1C(=N)SCc1cc(F)ccc1OC.I. The molecule has 0 saturated carbocycles. The molecule has 25 heavy (non-hydrogen) atoms. The Bertz CT molecular complexity index is 813. The van der Waals surface area contributed by atoms with E-state index in [1.54, 1.807) is 6.07 Å². The summed E-state index contributed by atoms with van der Waals surface area (Å²) in [4.78, 5) is 15.2. The number of methoxy groups -OCH3 is 1. The number of nitrogens with two attached hydrogens (primary N) is 1. The molecule has 0 aliphatic heterocycles. The van der Waals surface area contributed by atoms with Crippen LogP contribution in [-0.4, -0.2) is 21.8 Å². The number of aryl methyl sites for hydroxylation is 1. The first-order chi connectivity index (χ1) is 11.5. The molecular formula is C16H20FIN4O2S. The Kier molecular flexibility index (Phi) is 8.36. The number of nitrogens with zero attached hydrogens (tertiary/aromatic N) is 2. The molecule has 0 saturated heterocycles. The Labute approximate surface area is 166 Å². The molecule has 0 atom stereocenters. The molecule has 2 aromatic rings. The molecule has 136 valence electrons. The zero-order valence-electron chi connectivity index (χ0n) is 13.9. The van der Waals surface area contributed by atoms with Crippen molar-refractivity contribution in [3.63, 3.8) is 0 Å². The zero-order valence-corrected chi connectivity index (χ0v) is 17.1. The highest BCUT2D eigenvalue weighted by Crippen LogP contribution is 2.25. The Morgan fingerprint density at radius 1 is 1.44 bits per heavy atom. The number of rotatable bonds is 5. The van der Waals surface area contributed by atoms with Crippen LogP contribution in [0.4, 0.5) is 10.3 Å². The maximum absolute atomic E-state index is 13.4. The largest absolute Gasteiger partial charge is 0.496 e. The van der Waals surface area contributed by atoms with Crippen molar-refractivity contribution >= 4 is 46.9 Å². The van der Waals surface area contributed by atoms with E-state index in [2.05, 4.69) is 4.98 Å². The quantitative estimate of drug-likeness (QED) is 0.391. The molecule has 0 radical (unpaired) electrons. The van der Waals surface area contributed by atoms with Gasteiger partial charge in [-0.25, -0.2) is 4.39 Å². The minimum absolute atomic E-state index is 0. The molecule has 0 aliphatic carbocycles. The fourth-order valence-electron chi connectivity index (χ4n) is 2.29. The standard InChI is InChI=1S/C16H19FN4O2S.HI/c1-3-4-12-8-14(22)20-15(18)21(12)16(19)24-9-10-7-11(17)5-6-13(10)23-2;/h5-8,19H,3-4,9H2,1-2H3,(H2,18,20,22);1H. The van der Waals surface area contributed by atoms with Crippen LogP contribution in [0, 0.1) is 11.2 Å². The lowest BCUT2D eigenvalue weighted by atomic mass is 10.2. The number of thioether (sulfide) groups is 1. The summed E-state index contributed by atoms with van der Waals surface area (Å²) in [6.45, 7) is 1.97. The zero-order chi connectivity index (χ0) is 17.7. The number of nitrogens with one attached hydrogen (secondary N) is 1. The van der Waals surface area contributed by atoms with Crippen molar-refractivity contribution in [1.29, 1.82) is 5.41 Å². The van der Waals surface area contributed by atoms with Gasteiger partial charge in [0.2, 0.25) is 5.95 Å². The number of hydrogen-bond donors (Lipinski definition) is 2. The lowest BCUT2D eigenvalue weighted by molar-refractivity contribution is 0.410. The van der Waals surface area contributed by atoms with Gasteiger partial charge in [0.05, 0.1) is 7.11 Å². The average molecular weight is 478 g/mol. The molecule has 1 aromatic carbocycles. The Hall–Kier alpha value is -1.62. The summed E-state index contributed by atoms with van der Waals surface area (Å²) >= 11 is 1.16. The highest BCUT2D eigenvalue weighted by atomic mass is 127. The number of halogens is 2. The van der Waals surface area contributed by atoms with Gasteiger partial charge in [0.15, 0.2) is 5.17 Å². The van der Waals surface area contributed by atoms with Crippen LogP contribution in [0.5, 0.6) is 5.75 Å². The van der Waals surface area contributed by atoms with E-state index < -0.39 is 5.56 Å². The third-order valence-electron chi connectivity index (χ3n) is 3.35. The summed E-state index contributed by atoms with van der Waals surface area (Å²) in [5, 5.41) is 8.38. The smallest absolute Gasteiger partial charge is 0.274 e. The number of anilines is 1. The molecule has 3 N–H and O–H groups in total. The van der Waals surface area contributed by atoms with Gasteiger partial charge in [-0.05, 0) is 24.6 Å². The predicted molar refractivity (Wildman–Crippen MR) is 110 cm³/mol. The Morgan fingerprint density at radius 2 is 2.16 bits per heavy atom. The van der Waals surface area contributed by atoms with Crippen molar-refractivity contribution in [2.45, 2.75) is 25.5 Å². The first kappa shape index (κ1) is 21.4. The minimum Gasteiger partial charge on any atom is -0.496 e. The van der Waals surface area contributed by atoms with Crippen molar-refractivity contribution in [2.75, 3.05) is 12.8 Å². The van der Waals surface area contributed by atoms with Crippen molar-refractivity contribution < 1.29 is 9.13 Å². The minimum atomic E-state index is -0.420. The summed E-state index contributed by atoms with van der Waals surface area (Å²) in [7, 11) is 1.51. The van der Waals surface area contributed by atoms with Crippen LogP contribution in [0.15, 0.2) is 29.1 Å². The average Bonchev–Trinajstić information content (AvgIpc) is 2.52. The van der Waals surface area contributed by atoms with E-state index in [0.29, 0.717) is 29.2 Å². The van der Waals surface area contributed by atoms with Gasteiger partial charge in [-0.2, -0.15) is 4.98 Å². The maximum Gasteiger partial charge on any atom is 0.274 e. The van der Waals surface area contributed by atoms with Crippen LogP contribution in [0.25, 0.3) is 0 Å². The van der Waals surface area contributed by atoms with Gasteiger partial charge in [0.1, 0.15) is 11.6 Å². The van der Waals surface area contributed by atoms with E-state index >= 15 is 0 Å². The molecule has 0 unspecified atom stereocenters. The van der Waals surface area contributed by atoms with Gasteiger partial charge in [0, 0.05) is 23.1 Å². The topological polar surface area (TPSA) is 94.0 Å². The fraction of sp³-hybridized carbons (Fsp3) is 0.312. The summed E-state index contributed by atoms with van der Waals surface area (Å²) in [5.41, 5.74) is 6.67. The lowest BCUT2D eigenvalue weighted by Gasteiger charge is -2.15. The summed E-state index contributed by atoms with van der Waals surface area (Å²) in [6.07, 6.45) is 1.41.